The van der Waals surface area contributed by atoms with Crippen molar-refractivity contribution in [2.24, 2.45) is 5.92 Å². The highest BCUT2D eigenvalue weighted by Gasteiger charge is 2.21. The second-order valence-electron chi connectivity index (χ2n) is 5.96. The smallest absolute Gasteiger partial charge is 0.103 e. The normalized spacial score (nSPS) is 14.8. The molecule has 0 saturated carbocycles. The summed E-state index contributed by atoms with van der Waals surface area (Å²) >= 11 is 0. The average molecular weight is 253 g/mol. The van der Waals surface area contributed by atoms with E-state index in [0.717, 1.165) is 44.8 Å². The number of rotatable bonds is 10. The number of hydrogen-bond acceptors (Lipinski definition) is 3. The molecule has 0 aromatic carbocycles. The summed E-state index contributed by atoms with van der Waals surface area (Å²) in [5.74, 6) is 0.767. The first-order valence-electron chi connectivity index (χ1n) is 7.28. The third-order valence-electron chi connectivity index (χ3n) is 3.32. The molecule has 0 amide bonds. The summed E-state index contributed by atoms with van der Waals surface area (Å²) in [7, 11) is 2.17. The summed E-state index contributed by atoms with van der Waals surface area (Å²) in [6.45, 7) is 11.8. The zero-order chi connectivity index (χ0) is 14.0. The van der Waals surface area contributed by atoms with E-state index >= 15 is 0 Å². The Kier molecular flexibility index (Phi) is 9.05. The van der Waals surface area contributed by atoms with Crippen LogP contribution in [0.25, 0.3) is 0 Å². The van der Waals surface area contributed by atoms with E-state index in [1.54, 1.807) is 0 Å². The van der Waals surface area contributed by atoms with Gasteiger partial charge in [-0.25, -0.2) is 0 Å². The van der Waals surface area contributed by atoms with Crippen LogP contribution in [0, 0.1) is 17.2 Å². The fourth-order valence-electron chi connectivity index (χ4n) is 1.88. The van der Waals surface area contributed by atoms with Crippen molar-refractivity contribution in [3.63, 3.8) is 0 Å². The molecule has 0 fully saturated rings. The lowest BCUT2D eigenvalue weighted by molar-refractivity contribution is 0.288. The van der Waals surface area contributed by atoms with Crippen molar-refractivity contribution in [1.29, 1.82) is 5.26 Å². The van der Waals surface area contributed by atoms with Crippen LogP contribution in [0.1, 0.15) is 53.4 Å². The largest absolute Gasteiger partial charge is 0.306 e. The third-order valence-corrected chi connectivity index (χ3v) is 3.32. The lowest BCUT2D eigenvalue weighted by atomic mass is 9.97. The van der Waals surface area contributed by atoms with Crippen molar-refractivity contribution >= 4 is 0 Å². The number of nitrogens with zero attached hydrogens (tertiary/aromatic N) is 2. The number of hydrogen-bond donors (Lipinski definition) is 1. The van der Waals surface area contributed by atoms with E-state index in [9.17, 15) is 5.26 Å². The molecule has 3 nitrogen and oxygen atoms in total. The monoisotopic (exact) mass is 253 g/mol. The molecule has 0 radical (unpaired) electrons. The molecule has 0 aromatic heterocycles. The Hall–Kier alpha value is -0.590. The van der Waals surface area contributed by atoms with Gasteiger partial charge in [0.2, 0.25) is 0 Å². The lowest BCUT2D eigenvalue weighted by Crippen LogP contribution is -2.41. The molecule has 18 heavy (non-hydrogen) atoms. The first kappa shape index (κ1) is 17.4. The van der Waals surface area contributed by atoms with Gasteiger partial charge in [0, 0.05) is 0 Å². The van der Waals surface area contributed by atoms with Crippen molar-refractivity contribution in [1.82, 2.24) is 10.2 Å². The number of nitrogens with one attached hydrogen (secondary N) is 1. The lowest BCUT2D eigenvalue weighted by Gasteiger charge is -2.25. The Morgan fingerprint density at radius 2 is 2.00 bits per heavy atom. The Morgan fingerprint density at radius 3 is 2.50 bits per heavy atom. The van der Waals surface area contributed by atoms with Crippen LogP contribution in [-0.4, -0.2) is 37.1 Å². The van der Waals surface area contributed by atoms with Gasteiger partial charge in [0.15, 0.2) is 0 Å². The average Bonchev–Trinajstić information content (AvgIpc) is 2.34. The second-order valence-corrected chi connectivity index (χ2v) is 5.96. The molecular formula is C15H31N3. The summed E-state index contributed by atoms with van der Waals surface area (Å²) in [6.07, 6.45) is 4.33. The van der Waals surface area contributed by atoms with Crippen LogP contribution >= 0.6 is 0 Å². The van der Waals surface area contributed by atoms with E-state index in [4.69, 9.17) is 0 Å². The topological polar surface area (TPSA) is 39.1 Å². The molecule has 0 aliphatic rings. The zero-order valence-electron chi connectivity index (χ0n) is 12.9. The molecule has 0 aromatic rings. The van der Waals surface area contributed by atoms with Crippen molar-refractivity contribution in [2.75, 3.05) is 26.7 Å². The maximum atomic E-state index is 9.23. The second kappa shape index (κ2) is 9.35. The summed E-state index contributed by atoms with van der Waals surface area (Å²) in [4.78, 5) is 2.37. The van der Waals surface area contributed by atoms with Crippen LogP contribution in [0.5, 0.6) is 0 Å². The SMILES string of the molecule is CCCNC(C)(C#N)CCCN(C)CCC(C)C. The third kappa shape index (κ3) is 8.49. The van der Waals surface area contributed by atoms with Crippen LogP contribution in [-0.2, 0) is 0 Å². The molecule has 0 rings (SSSR count). The highest BCUT2D eigenvalue weighted by Crippen LogP contribution is 2.12. The number of nitriles is 1. The minimum atomic E-state index is -0.352. The van der Waals surface area contributed by atoms with Gasteiger partial charge < -0.3 is 4.90 Å². The highest BCUT2D eigenvalue weighted by atomic mass is 15.1. The van der Waals surface area contributed by atoms with Gasteiger partial charge >= 0.3 is 0 Å². The standard InChI is InChI=1S/C15H31N3/c1-6-10-17-15(4,13-16)9-7-11-18(5)12-8-14(2)3/h14,17H,6-12H2,1-5H3. The molecule has 1 atom stereocenters. The Bertz CT molecular complexity index is 245. The summed E-state index contributed by atoms with van der Waals surface area (Å²) < 4.78 is 0. The predicted molar refractivity (Wildman–Crippen MR) is 78.5 cm³/mol. The molecule has 106 valence electrons. The maximum absolute atomic E-state index is 9.23. The fourth-order valence-corrected chi connectivity index (χ4v) is 1.88. The summed E-state index contributed by atoms with van der Waals surface area (Å²) in [5, 5.41) is 12.6. The molecule has 0 aliphatic carbocycles. The quantitative estimate of drug-likeness (QED) is 0.650. The van der Waals surface area contributed by atoms with Crippen molar-refractivity contribution in [3.05, 3.63) is 0 Å². The van der Waals surface area contributed by atoms with E-state index in [-0.39, 0.29) is 5.54 Å². The Morgan fingerprint density at radius 1 is 1.33 bits per heavy atom. The Balaban J connectivity index is 3.83. The van der Waals surface area contributed by atoms with Crippen LogP contribution < -0.4 is 5.32 Å². The van der Waals surface area contributed by atoms with Gasteiger partial charge in [-0.1, -0.05) is 20.8 Å². The van der Waals surface area contributed by atoms with Gasteiger partial charge in [0.05, 0.1) is 6.07 Å². The van der Waals surface area contributed by atoms with Crippen molar-refractivity contribution < 1.29 is 0 Å². The van der Waals surface area contributed by atoms with E-state index < -0.39 is 0 Å². The van der Waals surface area contributed by atoms with Crippen LogP contribution in [0.4, 0.5) is 0 Å². The molecule has 0 spiro atoms. The van der Waals surface area contributed by atoms with Crippen LogP contribution in [0.3, 0.4) is 0 Å². The van der Waals surface area contributed by atoms with Gasteiger partial charge in [-0.3, -0.25) is 5.32 Å². The van der Waals surface area contributed by atoms with Crippen LogP contribution in [0.2, 0.25) is 0 Å². The molecule has 1 N–H and O–H groups in total. The van der Waals surface area contributed by atoms with Gasteiger partial charge in [0.1, 0.15) is 5.54 Å². The van der Waals surface area contributed by atoms with Gasteiger partial charge in [0.25, 0.3) is 0 Å². The summed E-state index contributed by atoms with van der Waals surface area (Å²) in [6, 6.07) is 2.41. The first-order chi connectivity index (χ1) is 8.43. The molecule has 0 saturated heterocycles. The van der Waals surface area contributed by atoms with Gasteiger partial charge in [-0.05, 0) is 65.2 Å². The molecule has 0 aliphatic heterocycles. The van der Waals surface area contributed by atoms with Crippen molar-refractivity contribution in [3.8, 4) is 6.07 Å². The molecule has 3 heteroatoms. The van der Waals surface area contributed by atoms with Crippen molar-refractivity contribution in [2.45, 2.75) is 58.9 Å². The molecule has 1 unspecified atom stereocenters. The van der Waals surface area contributed by atoms with Crippen LogP contribution in [0.15, 0.2) is 0 Å². The Labute approximate surface area is 114 Å². The molecular weight excluding hydrogens is 222 g/mol. The van der Waals surface area contributed by atoms with E-state index in [1.165, 1.54) is 6.42 Å². The van der Waals surface area contributed by atoms with Gasteiger partial charge in [-0.2, -0.15) is 5.26 Å². The maximum Gasteiger partial charge on any atom is 0.103 e. The minimum absolute atomic E-state index is 0.352. The van der Waals surface area contributed by atoms with Gasteiger partial charge in [-0.15, -0.1) is 0 Å². The molecule has 0 heterocycles. The van der Waals surface area contributed by atoms with E-state index in [2.05, 4.69) is 44.1 Å². The fraction of sp³-hybridized carbons (Fsp3) is 0.933. The van der Waals surface area contributed by atoms with E-state index in [1.807, 2.05) is 6.92 Å². The highest BCUT2D eigenvalue weighted by molar-refractivity contribution is 5.03. The van der Waals surface area contributed by atoms with E-state index in [0.29, 0.717) is 0 Å². The summed E-state index contributed by atoms with van der Waals surface area (Å²) in [5.41, 5.74) is -0.352. The molecule has 0 bridgehead atoms. The minimum Gasteiger partial charge on any atom is -0.306 e. The predicted octanol–water partition coefficient (Wildman–Crippen LogP) is 3.03. The zero-order valence-corrected chi connectivity index (χ0v) is 12.9. The first-order valence-corrected chi connectivity index (χ1v) is 7.28.